The Morgan fingerprint density at radius 3 is 2.27 bits per heavy atom. The molecule has 15 heavy (non-hydrogen) atoms. The van der Waals surface area contributed by atoms with Crippen LogP contribution in [0.15, 0.2) is 0 Å². The fraction of sp³-hybridized carbons (Fsp3) is 0.917. The number of carbonyl (C=O) groups is 1. The van der Waals surface area contributed by atoms with E-state index in [4.69, 9.17) is 5.73 Å². The second-order valence-electron chi connectivity index (χ2n) is 5.43. The molecular formula is C12H24N2O. The molecule has 0 aromatic rings. The van der Waals surface area contributed by atoms with Crippen molar-refractivity contribution in [3.05, 3.63) is 0 Å². The Balaban J connectivity index is 2.67. The highest BCUT2D eigenvalue weighted by Gasteiger charge is 2.34. The van der Waals surface area contributed by atoms with Gasteiger partial charge in [-0.2, -0.15) is 0 Å². The van der Waals surface area contributed by atoms with Crippen molar-refractivity contribution in [1.82, 2.24) is 4.90 Å². The maximum atomic E-state index is 12.1. The molecule has 88 valence electrons. The van der Waals surface area contributed by atoms with Crippen molar-refractivity contribution in [2.75, 3.05) is 13.1 Å². The summed E-state index contributed by atoms with van der Waals surface area (Å²) in [5.41, 5.74) is 5.31. The first-order chi connectivity index (χ1) is 6.86. The normalized spacial score (nSPS) is 31.1. The molecule has 1 fully saturated rings. The zero-order valence-electron chi connectivity index (χ0n) is 10.4. The molecule has 0 aromatic heterocycles. The van der Waals surface area contributed by atoms with Crippen LogP contribution in [0, 0.1) is 11.8 Å². The second-order valence-corrected chi connectivity index (χ2v) is 5.43. The predicted octanol–water partition coefficient (Wildman–Crippen LogP) is 1.62. The second kappa shape index (κ2) is 4.52. The van der Waals surface area contributed by atoms with E-state index in [-0.39, 0.29) is 5.91 Å². The van der Waals surface area contributed by atoms with Gasteiger partial charge >= 0.3 is 0 Å². The fourth-order valence-electron chi connectivity index (χ4n) is 2.34. The van der Waals surface area contributed by atoms with Gasteiger partial charge in [-0.1, -0.05) is 20.8 Å². The van der Waals surface area contributed by atoms with Gasteiger partial charge in [-0.3, -0.25) is 4.79 Å². The van der Waals surface area contributed by atoms with Crippen LogP contribution in [0.4, 0.5) is 0 Å². The summed E-state index contributed by atoms with van der Waals surface area (Å²) in [5.74, 6) is 1.32. The summed E-state index contributed by atoms with van der Waals surface area (Å²) >= 11 is 0. The van der Waals surface area contributed by atoms with Gasteiger partial charge in [0.2, 0.25) is 5.91 Å². The number of carbonyl (C=O) groups excluding carboxylic acids is 1. The van der Waals surface area contributed by atoms with Crippen molar-refractivity contribution in [2.24, 2.45) is 17.6 Å². The number of nitrogens with zero attached hydrogens (tertiary/aromatic N) is 1. The zero-order valence-corrected chi connectivity index (χ0v) is 10.4. The Kier molecular flexibility index (Phi) is 3.77. The molecule has 0 bridgehead atoms. The third kappa shape index (κ3) is 2.94. The molecule has 0 aromatic carbocycles. The third-order valence-corrected chi connectivity index (χ3v) is 3.38. The molecule has 3 unspecified atom stereocenters. The van der Waals surface area contributed by atoms with Crippen LogP contribution in [0.25, 0.3) is 0 Å². The van der Waals surface area contributed by atoms with Crippen LogP contribution in [0.2, 0.25) is 0 Å². The quantitative estimate of drug-likeness (QED) is 0.756. The van der Waals surface area contributed by atoms with E-state index in [0.29, 0.717) is 18.3 Å². The van der Waals surface area contributed by atoms with Crippen molar-refractivity contribution in [2.45, 2.75) is 46.1 Å². The zero-order chi connectivity index (χ0) is 11.6. The van der Waals surface area contributed by atoms with E-state index in [9.17, 15) is 4.79 Å². The molecule has 0 spiro atoms. The standard InChI is InChI=1S/C12H24N2O/c1-5-12(4,13)11(15)14-7-9(2)6-10(3)8-14/h9-10H,5-8,13H2,1-4H3. The van der Waals surface area contributed by atoms with E-state index in [1.807, 2.05) is 18.7 Å². The highest BCUT2D eigenvalue weighted by Crippen LogP contribution is 2.23. The van der Waals surface area contributed by atoms with E-state index < -0.39 is 5.54 Å². The lowest BCUT2D eigenvalue weighted by Gasteiger charge is -2.38. The minimum absolute atomic E-state index is 0.114. The molecule has 0 saturated carbocycles. The first-order valence-electron chi connectivity index (χ1n) is 5.95. The smallest absolute Gasteiger partial charge is 0.242 e. The first-order valence-corrected chi connectivity index (χ1v) is 5.95. The molecule has 1 aliphatic heterocycles. The summed E-state index contributed by atoms with van der Waals surface area (Å²) in [6, 6.07) is 0. The average molecular weight is 212 g/mol. The van der Waals surface area contributed by atoms with Crippen molar-refractivity contribution in [1.29, 1.82) is 0 Å². The molecule has 3 nitrogen and oxygen atoms in total. The predicted molar refractivity (Wildman–Crippen MR) is 62.4 cm³/mol. The Hall–Kier alpha value is -0.570. The molecule has 1 rings (SSSR count). The number of amides is 1. The molecule has 1 aliphatic rings. The van der Waals surface area contributed by atoms with Gasteiger partial charge < -0.3 is 10.6 Å². The molecular weight excluding hydrogens is 188 g/mol. The molecule has 1 saturated heterocycles. The third-order valence-electron chi connectivity index (χ3n) is 3.38. The number of nitrogens with two attached hydrogens (primary N) is 1. The molecule has 0 radical (unpaired) electrons. The van der Waals surface area contributed by atoms with E-state index in [0.717, 1.165) is 13.1 Å². The lowest BCUT2D eigenvalue weighted by Crippen LogP contribution is -2.56. The summed E-state index contributed by atoms with van der Waals surface area (Å²) in [7, 11) is 0. The van der Waals surface area contributed by atoms with Crippen LogP contribution >= 0.6 is 0 Å². The minimum atomic E-state index is -0.684. The van der Waals surface area contributed by atoms with Crippen molar-refractivity contribution in [3.8, 4) is 0 Å². The lowest BCUT2D eigenvalue weighted by atomic mass is 9.89. The van der Waals surface area contributed by atoms with Crippen LogP contribution in [0.5, 0.6) is 0 Å². The highest BCUT2D eigenvalue weighted by atomic mass is 16.2. The molecule has 1 heterocycles. The SMILES string of the molecule is CCC(C)(N)C(=O)N1CC(C)CC(C)C1. The molecule has 0 aliphatic carbocycles. The number of likely N-dealkylation sites (tertiary alicyclic amines) is 1. The maximum absolute atomic E-state index is 12.1. The summed E-state index contributed by atoms with van der Waals surface area (Å²) in [6.07, 6.45) is 1.92. The van der Waals surface area contributed by atoms with Crippen LogP contribution in [-0.4, -0.2) is 29.4 Å². The van der Waals surface area contributed by atoms with Gasteiger partial charge in [-0.15, -0.1) is 0 Å². The molecule has 1 amide bonds. The van der Waals surface area contributed by atoms with Crippen LogP contribution in [-0.2, 0) is 4.79 Å². The van der Waals surface area contributed by atoms with Crippen LogP contribution in [0.3, 0.4) is 0 Å². The monoisotopic (exact) mass is 212 g/mol. The highest BCUT2D eigenvalue weighted by molar-refractivity contribution is 5.85. The molecule has 3 atom stereocenters. The Morgan fingerprint density at radius 1 is 1.40 bits per heavy atom. The van der Waals surface area contributed by atoms with Gasteiger partial charge in [0.25, 0.3) is 0 Å². The number of piperidine rings is 1. The molecule has 3 heteroatoms. The first kappa shape index (κ1) is 12.5. The summed E-state index contributed by atoms with van der Waals surface area (Å²) in [6.45, 7) is 9.95. The van der Waals surface area contributed by atoms with Crippen LogP contribution in [0.1, 0.15) is 40.5 Å². The largest absolute Gasteiger partial charge is 0.341 e. The number of hydrogen-bond acceptors (Lipinski definition) is 2. The lowest BCUT2D eigenvalue weighted by molar-refractivity contribution is -0.139. The van der Waals surface area contributed by atoms with Gasteiger partial charge in [0.15, 0.2) is 0 Å². The maximum Gasteiger partial charge on any atom is 0.242 e. The van der Waals surface area contributed by atoms with Crippen molar-refractivity contribution < 1.29 is 4.79 Å². The Labute approximate surface area is 93.0 Å². The van der Waals surface area contributed by atoms with E-state index in [2.05, 4.69) is 13.8 Å². The summed E-state index contributed by atoms with van der Waals surface area (Å²) in [4.78, 5) is 14.1. The Bertz CT molecular complexity index is 228. The average Bonchev–Trinajstić information content (AvgIpc) is 2.15. The van der Waals surface area contributed by atoms with Gasteiger partial charge in [-0.25, -0.2) is 0 Å². The van der Waals surface area contributed by atoms with Gasteiger partial charge in [0, 0.05) is 13.1 Å². The minimum Gasteiger partial charge on any atom is -0.341 e. The van der Waals surface area contributed by atoms with Gasteiger partial charge in [-0.05, 0) is 31.6 Å². The fourth-order valence-corrected chi connectivity index (χ4v) is 2.34. The van der Waals surface area contributed by atoms with E-state index in [1.54, 1.807) is 0 Å². The van der Waals surface area contributed by atoms with Gasteiger partial charge in [0.1, 0.15) is 0 Å². The van der Waals surface area contributed by atoms with E-state index in [1.165, 1.54) is 6.42 Å². The topological polar surface area (TPSA) is 46.3 Å². The molecule has 2 N–H and O–H groups in total. The van der Waals surface area contributed by atoms with Crippen LogP contribution < -0.4 is 5.73 Å². The van der Waals surface area contributed by atoms with Crippen molar-refractivity contribution in [3.63, 3.8) is 0 Å². The van der Waals surface area contributed by atoms with Gasteiger partial charge in [0.05, 0.1) is 5.54 Å². The van der Waals surface area contributed by atoms with E-state index >= 15 is 0 Å². The Morgan fingerprint density at radius 2 is 1.87 bits per heavy atom. The number of rotatable bonds is 2. The number of hydrogen-bond donors (Lipinski definition) is 1. The summed E-state index contributed by atoms with van der Waals surface area (Å²) in [5, 5.41) is 0. The summed E-state index contributed by atoms with van der Waals surface area (Å²) < 4.78 is 0. The van der Waals surface area contributed by atoms with Crippen molar-refractivity contribution >= 4 is 5.91 Å².